The monoisotopic (exact) mass is 290 g/mol. The minimum absolute atomic E-state index is 0.220. The van der Waals surface area contributed by atoms with E-state index in [1.807, 2.05) is 24.5 Å². The van der Waals surface area contributed by atoms with Gasteiger partial charge in [0.05, 0.1) is 12.6 Å². The molecule has 0 saturated carbocycles. The second-order valence-corrected chi connectivity index (χ2v) is 5.41. The fourth-order valence-corrected chi connectivity index (χ4v) is 2.09. The van der Waals surface area contributed by atoms with E-state index < -0.39 is 11.6 Å². The average molecular weight is 290 g/mol. The van der Waals surface area contributed by atoms with Gasteiger partial charge in [0, 0.05) is 12.4 Å². The standard InChI is InChI=1S/C16H19FN2O2/c1-16(2,19-9-3-4-10-19)15(21)18-14(11-20)12-5-7-13(17)8-6-12/h3-10,14,20H,11H2,1-2H3,(H,18,21). The van der Waals surface area contributed by atoms with Crippen molar-refractivity contribution in [3.05, 3.63) is 60.2 Å². The number of aliphatic hydroxyl groups is 1. The molecule has 5 heteroatoms. The number of nitrogens with one attached hydrogen (secondary N) is 1. The number of aliphatic hydroxyl groups excluding tert-OH is 1. The topological polar surface area (TPSA) is 54.3 Å². The molecule has 1 unspecified atom stereocenters. The van der Waals surface area contributed by atoms with Gasteiger partial charge in [-0.3, -0.25) is 4.79 Å². The van der Waals surface area contributed by atoms with Crippen LogP contribution in [0.1, 0.15) is 25.5 Å². The smallest absolute Gasteiger partial charge is 0.246 e. The second-order valence-electron chi connectivity index (χ2n) is 5.41. The number of benzene rings is 1. The second kappa shape index (κ2) is 6.10. The van der Waals surface area contributed by atoms with E-state index in [4.69, 9.17) is 0 Å². The SMILES string of the molecule is CC(C)(C(=O)NC(CO)c1ccc(F)cc1)n1cccc1. The van der Waals surface area contributed by atoms with Crippen LogP contribution >= 0.6 is 0 Å². The van der Waals surface area contributed by atoms with Gasteiger partial charge in [0.15, 0.2) is 0 Å². The number of rotatable bonds is 5. The lowest BCUT2D eigenvalue weighted by molar-refractivity contribution is -0.129. The summed E-state index contributed by atoms with van der Waals surface area (Å²) in [5.74, 6) is -0.573. The molecule has 0 aliphatic carbocycles. The lowest BCUT2D eigenvalue weighted by atomic mass is 10.0. The Morgan fingerprint density at radius 2 is 1.86 bits per heavy atom. The highest BCUT2D eigenvalue weighted by Crippen LogP contribution is 2.19. The summed E-state index contributed by atoms with van der Waals surface area (Å²) in [5, 5.41) is 12.3. The summed E-state index contributed by atoms with van der Waals surface area (Å²) < 4.78 is 14.7. The zero-order chi connectivity index (χ0) is 15.5. The molecule has 1 heterocycles. The summed E-state index contributed by atoms with van der Waals surface area (Å²) in [6.07, 6.45) is 3.62. The van der Waals surface area contributed by atoms with E-state index in [2.05, 4.69) is 5.32 Å². The van der Waals surface area contributed by atoms with E-state index in [0.717, 1.165) is 0 Å². The van der Waals surface area contributed by atoms with E-state index in [1.165, 1.54) is 12.1 Å². The molecule has 0 aliphatic heterocycles. The molecule has 0 fully saturated rings. The van der Waals surface area contributed by atoms with Crippen molar-refractivity contribution in [1.29, 1.82) is 0 Å². The first kappa shape index (κ1) is 15.3. The summed E-state index contributed by atoms with van der Waals surface area (Å²) in [4.78, 5) is 12.5. The first-order valence-electron chi connectivity index (χ1n) is 6.76. The van der Waals surface area contributed by atoms with Crippen molar-refractivity contribution in [2.24, 2.45) is 0 Å². The molecule has 2 rings (SSSR count). The van der Waals surface area contributed by atoms with Crippen LogP contribution in [-0.2, 0) is 10.3 Å². The fourth-order valence-electron chi connectivity index (χ4n) is 2.09. The Bertz CT molecular complexity index is 591. The highest BCUT2D eigenvalue weighted by Gasteiger charge is 2.30. The maximum Gasteiger partial charge on any atom is 0.246 e. The molecule has 1 aromatic carbocycles. The molecular weight excluding hydrogens is 271 g/mol. The number of amides is 1. The molecular formula is C16H19FN2O2. The quantitative estimate of drug-likeness (QED) is 0.887. The zero-order valence-corrected chi connectivity index (χ0v) is 12.1. The molecule has 4 nitrogen and oxygen atoms in total. The maximum atomic E-state index is 12.9. The zero-order valence-electron chi connectivity index (χ0n) is 12.1. The number of carbonyl (C=O) groups is 1. The maximum absolute atomic E-state index is 12.9. The lowest BCUT2D eigenvalue weighted by Gasteiger charge is -2.28. The van der Waals surface area contributed by atoms with Gasteiger partial charge in [-0.2, -0.15) is 0 Å². The van der Waals surface area contributed by atoms with Gasteiger partial charge in [0.1, 0.15) is 11.4 Å². The number of carbonyl (C=O) groups excluding carboxylic acids is 1. The first-order chi connectivity index (χ1) is 9.95. The van der Waals surface area contributed by atoms with E-state index in [9.17, 15) is 14.3 Å². The third-order valence-corrected chi connectivity index (χ3v) is 3.57. The highest BCUT2D eigenvalue weighted by atomic mass is 19.1. The predicted octanol–water partition coefficient (Wildman–Crippen LogP) is 2.21. The normalized spacial score (nSPS) is 13.0. The van der Waals surface area contributed by atoms with Gasteiger partial charge >= 0.3 is 0 Å². The predicted molar refractivity (Wildman–Crippen MR) is 78.1 cm³/mol. The molecule has 0 saturated heterocycles. The Hall–Kier alpha value is -2.14. The minimum atomic E-state index is -0.781. The number of nitrogens with zero attached hydrogens (tertiary/aromatic N) is 1. The van der Waals surface area contributed by atoms with E-state index in [-0.39, 0.29) is 18.3 Å². The Morgan fingerprint density at radius 3 is 2.38 bits per heavy atom. The molecule has 0 spiro atoms. The van der Waals surface area contributed by atoms with Gasteiger partial charge in [-0.15, -0.1) is 0 Å². The van der Waals surface area contributed by atoms with Crippen molar-refractivity contribution >= 4 is 5.91 Å². The van der Waals surface area contributed by atoms with Crippen LogP contribution in [-0.4, -0.2) is 22.2 Å². The van der Waals surface area contributed by atoms with Crippen molar-refractivity contribution in [2.45, 2.75) is 25.4 Å². The molecule has 0 bridgehead atoms. The van der Waals surface area contributed by atoms with Crippen LogP contribution in [0.15, 0.2) is 48.8 Å². The third kappa shape index (κ3) is 3.31. The minimum Gasteiger partial charge on any atom is -0.394 e. The molecule has 0 aliphatic rings. The first-order valence-corrected chi connectivity index (χ1v) is 6.76. The van der Waals surface area contributed by atoms with E-state index in [1.54, 1.807) is 30.5 Å². The van der Waals surface area contributed by atoms with E-state index >= 15 is 0 Å². The lowest BCUT2D eigenvalue weighted by Crippen LogP contribution is -2.46. The summed E-state index contributed by atoms with van der Waals surface area (Å²) in [7, 11) is 0. The number of aromatic nitrogens is 1. The van der Waals surface area contributed by atoms with Gasteiger partial charge in [-0.05, 0) is 43.7 Å². The van der Waals surface area contributed by atoms with Crippen LogP contribution in [0, 0.1) is 5.82 Å². The molecule has 1 atom stereocenters. The van der Waals surface area contributed by atoms with Crippen molar-refractivity contribution in [2.75, 3.05) is 6.61 Å². The Labute approximate surface area is 123 Å². The molecule has 2 aromatic rings. The molecule has 1 aromatic heterocycles. The molecule has 112 valence electrons. The van der Waals surface area contributed by atoms with Crippen LogP contribution in [0.4, 0.5) is 4.39 Å². The van der Waals surface area contributed by atoms with Crippen LogP contribution in [0.2, 0.25) is 0 Å². The van der Waals surface area contributed by atoms with Crippen molar-refractivity contribution in [1.82, 2.24) is 9.88 Å². The van der Waals surface area contributed by atoms with Gasteiger partial charge in [-0.25, -0.2) is 4.39 Å². The van der Waals surface area contributed by atoms with Crippen LogP contribution in [0.3, 0.4) is 0 Å². The number of halogens is 1. The van der Waals surface area contributed by atoms with Crippen LogP contribution in [0.5, 0.6) is 0 Å². The molecule has 2 N–H and O–H groups in total. The summed E-state index contributed by atoms with van der Waals surface area (Å²) in [6.45, 7) is 3.34. The summed E-state index contributed by atoms with van der Waals surface area (Å²) in [5.41, 5.74) is -0.118. The van der Waals surface area contributed by atoms with Gasteiger partial charge in [0.25, 0.3) is 0 Å². The fraction of sp³-hybridized carbons (Fsp3) is 0.312. The Morgan fingerprint density at radius 1 is 1.29 bits per heavy atom. The molecule has 1 amide bonds. The number of hydrogen-bond acceptors (Lipinski definition) is 2. The van der Waals surface area contributed by atoms with Crippen LogP contribution < -0.4 is 5.32 Å². The summed E-state index contributed by atoms with van der Waals surface area (Å²) in [6, 6.07) is 8.85. The highest BCUT2D eigenvalue weighted by molar-refractivity contribution is 5.84. The van der Waals surface area contributed by atoms with Crippen molar-refractivity contribution < 1.29 is 14.3 Å². The van der Waals surface area contributed by atoms with Gasteiger partial charge in [-0.1, -0.05) is 12.1 Å². The van der Waals surface area contributed by atoms with Gasteiger partial charge in [0.2, 0.25) is 5.91 Å². The molecule has 21 heavy (non-hydrogen) atoms. The van der Waals surface area contributed by atoms with Crippen LogP contribution in [0.25, 0.3) is 0 Å². The van der Waals surface area contributed by atoms with E-state index in [0.29, 0.717) is 5.56 Å². The Balaban J connectivity index is 2.15. The number of hydrogen-bond donors (Lipinski definition) is 2. The van der Waals surface area contributed by atoms with Crippen molar-refractivity contribution in [3.8, 4) is 0 Å². The van der Waals surface area contributed by atoms with Gasteiger partial charge < -0.3 is 15.0 Å². The largest absolute Gasteiger partial charge is 0.394 e. The Kier molecular flexibility index (Phi) is 4.43. The summed E-state index contributed by atoms with van der Waals surface area (Å²) >= 11 is 0. The molecule has 0 radical (unpaired) electrons. The average Bonchev–Trinajstić information content (AvgIpc) is 3.00. The van der Waals surface area contributed by atoms with Crippen molar-refractivity contribution in [3.63, 3.8) is 0 Å². The third-order valence-electron chi connectivity index (χ3n) is 3.57.